The summed E-state index contributed by atoms with van der Waals surface area (Å²) in [5, 5.41) is 8.87. The maximum Gasteiger partial charge on any atom is 0.0991 e. The van der Waals surface area contributed by atoms with Crippen LogP contribution in [0.25, 0.3) is 0 Å². The lowest BCUT2D eigenvalue weighted by Gasteiger charge is -2.28. The molecule has 1 aromatic carbocycles. The first-order valence-corrected chi connectivity index (χ1v) is 9.06. The number of benzene rings is 1. The van der Waals surface area contributed by atoms with E-state index < -0.39 is 0 Å². The van der Waals surface area contributed by atoms with Gasteiger partial charge in [-0.25, -0.2) is 0 Å². The van der Waals surface area contributed by atoms with Gasteiger partial charge < -0.3 is 4.74 Å². The third kappa shape index (κ3) is 6.20. The Morgan fingerprint density at radius 3 is 2.43 bits per heavy atom. The maximum absolute atomic E-state index is 8.87. The Hall–Kier alpha value is -1.59. The summed E-state index contributed by atoms with van der Waals surface area (Å²) in [5.41, 5.74) is 2.15. The molecule has 2 nitrogen and oxygen atoms in total. The van der Waals surface area contributed by atoms with E-state index in [-0.39, 0.29) is 0 Å². The highest BCUT2D eigenvalue weighted by Gasteiger charge is 2.22. The minimum Gasteiger partial charge on any atom is -0.381 e. The Bertz CT molecular complexity index is 504. The predicted octanol–water partition coefficient (Wildman–Crippen LogP) is 5.60. The Labute approximate surface area is 141 Å². The third-order valence-electron chi connectivity index (χ3n) is 4.76. The average Bonchev–Trinajstić information content (AvgIpc) is 2.61. The van der Waals surface area contributed by atoms with Crippen LogP contribution in [0.2, 0.25) is 0 Å². The van der Waals surface area contributed by atoms with Gasteiger partial charge in [-0.3, -0.25) is 0 Å². The standard InChI is InChI=1S/C21H29NO/c1-2-3-4-5-6-15-23-17-19-9-13-21(14-10-19)20-11-7-18(16-22)8-12-20/h4-5,7-8,11-12,19,21H,2-3,6,9-10,13-15,17H2,1H3/b5-4+. The van der Waals surface area contributed by atoms with E-state index in [1.54, 1.807) is 0 Å². The number of rotatable bonds is 8. The van der Waals surface area contributed by atoms with Gasteiger partial charge in [0.25, 0.3) is 0 Å². The molecular weight excluding hydrogens is 282 g/mol. The molecule has 0 spiro atoms. The largest absolute Gasteiger partial charge is 0.381 e. The van der Waals surface area contributed by atoms with Gasteiger partial charge in [-0.05, 0) is 68.1 Å². The molecule has 2 rings (SSSR count). The highest BCUT2D eigenvalue weighted by molar-refractivity contribution is 5.33. The van der Waals surface area contributed by atoms with Crippen LogP contribution in [0.15, 0.2) is 36.4 Å². The minimum atomic E-state index is 0.663. The van der Waals surface area contributed by atoms with Crippen LogP contribution in [0.4, 0.5) is 0 Å². The van der Waals surface area contributed by atoms with Gasteiger partial charge in [-0.15, -0.1) is 0 Å². The lowest BCUT2D eigenvalue weighted by atomic mass is 9.79. The highest BCUT2D eigenvalue weighted by Crippen LogP contribution is 2.35. The SMILES string of the molecule is CCC/C=C/CCOCC1CCC(c2ccc(C#N)cc2)CC1. The first-order valence-electron chi connectivity index (χ1n) is 9.06. The van der Waals surface area contributed by atoms with Crippen LogP contribution in [0.3, 0.4) is 0 Å². The van der Waals surface area contributed by atoms with Crippen molar-refractivity contribution in [3.63, 3.8) is 0 Å². The second kappa shape index (κ2) is 10.2. The topological polar surface area (TPSA) is 33.0 Å². The zero-order valence-electron chi connectivity index (χ0n) is 14.3. The molecule has 0 aromatic heterocycles. The fourth-order valence-electron chi connectivity index (χ4n) is 3.30. The molecule has 1 aliphatic carbocycles. The molecule has 0 radical (unpaired) electrons. The van der Waals surface area contributed by atoms with E-state index in [1.807, 2.05) is 12.1 Å². The van der Waals surface area contributed by atoms with Crippen LogP contribution in [-0.2, 0) is 4.74 Å². The third-order valence-corrected chi connectivity index (χ3v) is 4.76. The number of allylic oxidation sites excluding steroid dienone is 1. The number of nitrogens with zero attached hydrogens (tertiary/aromatic N) is 1. The number of hydrogen-bond donors (Lipinski definition) is 0. The second-order valence-corrected chi connectivity index (χ2v) is 6.58. The van der Waals surface area contributed by atoms with Crippen molar-refractivity contribution in [3.05, 3.63) is 47.5 Å². The van der Waals surface area contributed by atoms with Crippen LogP contribution in [0.1, 0.15) is 68.9 Å². The fraction of sp³-hybridized carbons (Fsp3) is 0.571. The summed E-state index contributed by atoms with van der Waals surface area (Å²) in [6.45, 7) is 3.98. The number of nitriles is 1. The Balaban J connectivity index is 1.63. The molecule has 0 heterocycles. The number of ether oxygens (including phenoxy) is 1. The van der Waals surface area contributed by atoms with E-state index in [9.17, 15) is 0 Å². The van der Waals surface area contributed by atoms with Crippen LogP contribution < -0.4 is 0 Å². The van der Waals surface area contributed by atoms with Crippen LogP contribution in [0, 0.1) is 17.2 Å². The van der Waals surface area contributed by atoms with Crippen molar-refractivity contribution < 1.29 is 4.74 Å². The maximum atomic E-state index is 8.87. The van der Waals surface area contributed by atoms with Gasteiger partial charge >= 0.3 is 0 Å². The fourth-order valence-corrected chi connectivity index (χ4v) is 3.30. The van der Waals surface area contributed by atoms with E-state index in [4.69, 9.17) is 10.00 Å². The first-order chi connectivity index (χ1) is 11.3. The molecule has 1 aliphatic rings. The summed E-state index contributed by atoms with van der Waals surface area (Å²) in [4.78, 5) is 0. The summed E-state index contributed by atoms with van der Waals surface area (Å²) in [6, 6.07) is 10.3. The molecule has 0 amide bonds. The van der Waals surface area contributed by atoms with E-state index in [0.717, 1.165) is 31.1 Å². The molecule has 0 aliphatic heterocycles. The van der Waals surface area contributed by atoms with E-state index in [1.165, 1.54) is 44.1 Å². The molecular formula is C21H29NO. The summed E-state index contributed by atoms with van der Waals surface area (Å²) in [5.74, 6) is 1.39. The summed E-state index contributed by atoms with van der Waals surface area (Å²) in [6.07, 6.45) is 13.0. The lowest BCUT2D eigenvalue weighted by Crippen LogP contribution is -2.18. The molecule has 23 heavy (non-hydrogen) atoms. The zero-order chi connectivity index (χ0) is 16.3. The van der Waals surface area contributed by atoms with Crippen molar-refractivity contribution >= 4 is 0 Å². The van der Waals surface area contributed by atoms with Crippen molar-refractivity contribution in [1.82, 2.24) is 0 Å². The molecule has 1 saturated carbocycles. The molecule has 0 saturated heterocycles. The summed E-state index contributed by atoms with van der Waals surface area (Å²) in [7, 11) is 0. The van der Waals surface area contributed by atoms with Crippen LogP contribution in [-0.4, -0.2) is 13.2 Å². The van der Waals surface area contributed by atoms with Gasteiger partial charge in [0, 0.05) is 6.61 Å². The van der Waals surface area contributed by atoms with Gasteiger partial charge in [0.2, 0.25) is 0 Å². The molecule has 0 bridgehead atoms. The van der Waals surface area contributed by atoms with Crippen LogP contribution in [0.5, 0.6) is 0 Å². The summed E-state index contributed by atoms with van der Waals surface area (Å²) >= 11 is 0. The van der Waals surface area contributed by atoms with Crippen LogP contribution >= 0.6 is 0 Å². The van der Waals surface area contributed by atoms with Crippen molar-refractivity contribution in [1.29, 1.82) is 5.26 Å². The Morgan fingerprint density at radius 1 is 1.09 bits per heavy atom. The first kappa shape index (κ1) is 17.8. The van der Waals surface area contributed by atoms with Gasteiger partial charge in [0.15, 0.2) is 0 Å². The number of hydrogen-bond acceptors (Lipinski definition) is 2. The number of unbranched alkanes of at least 4 members (excludes halogenated alkanes) is 1. The van der Waals surface area contributed by atoms with E-state index in [0.29, 0.717) is 5.92 Å². The molecule has 2 heteroatoms. The summed E-state index contributed by atoms with van der Waals surface area (Å²) < 4.78 is 5.84. The minimum absolute atomic E-state index is 0.663. The zero-order valence-corrected chi connectivity index (χ0v) is 14.3. The molecule has 124 valence electrons. The highest BCUT2D eigenvalue weighted by atomic mass is 16.5. The molecule has 1 fully saturated rings. The van der Waals surface area contributed by atoms with Crippen molar-refractivity contribution in [2.24, 2.45) is 5.92 Å². The van der Waals surface area contributed by atoms with E-state index >= 15 is 0 Å². The quantitative estimate of drug-likeness (QED) is 0.463. The van der Waals surface area contributed by atoms with E-state index in [2.05, 4.69) is 37.3 Å². The monoisotopic (exact) mass is 311 g/mol. The molecule has 0 unspecified atom stereocenters. The molecule has 0 atom stereocenters. The van der Waals surface area contributed by atoms with Gasteiger partial charge in [-0.2, -0.15) is 5.26 Å². The Morgan fingerprint density at radius 2 is 1.78 bits per heavy atom. The molecule has 0 N–H and O–H groups in total. The smallest absolute Gasteiger partial charge is 0.0991 e. The lowest BCUT2D eigenvalue weighted by molar-refractivity contribution is 0.0858. The van der Waals surface area contributed by atoms with Gasteiger partial charge in [0.1, 0.15) is 0 Å². The normalized spacial score (nSPS) is 21.4. The van der Waals surface area contributed by atoms with Gasteiger partial charge in [0.05, 0.1) is 18.2 Å². The second-order valence-electron chi connectivity index (χ2n) is 6.58. The van der Waals surface area contributed by atoms with Gasteiger partial charge in [-0.1, -0.05) is 37.6 Å². The van der Waals surface area contributed by atoms with Crippen molar-refractivity contribution in [3.8, 4) is 6.07 Å². The van der Waals surface area contributed by atoms with Crippen molar-refractivity contribution in [2.75, 3.05) is 13.2 Å². The van der Waals surface area contributed by atoms with Crippen molar-refractivity contribution in [2.45, 2.75) is 57.8 Å². The predicted molar refractivity (Wildman–Crippen MR) is 95.3 cm³/mol. The molecule has 1 aromatic rings. The Kier molecular flexibility index (Phi) is 7.90. The average molecular weight is 311 g/mol.